The van der Waals surface area contributed by atoms with E-state index < -0.39 is 60.9 Å². The molecule has 16 nitrogen and oxygen atoms in total. The molecule has 0 aliphatic carbocycles. The Morgan fingerprint density at radius 2 is 1.45 bits per heavy atom. The quantitative estimate of drug-likeness (QED) is 0.0204. The number of nitrogens with one attached hydrogen (secondary N) is 4. The third-order valence-electron chi connectivity index (χ3n) is 10.0. The van der Waals surface area contributed by atoms with Crippen LogP contribution in [0.5, 0.6) is 0 Å². The number of ketones is 1. The zero-order chi connectivity index (χ0) is 55.0. The molecular formula is C55H95F2N6NdO10-3. The normalized spacial score (nSPS) is 12.7. The number of carbonyl (C=O) groups is 8. The SMILES string of the molecule is CC/C=C/C=C(/C(=O)NCC(=O)N1CCC(F)(F)C1)c1cc(NC(=O)CCC(=O)NCCNC(=O)CCC(C(=O)O)C(C)CCC)ccc1C.CCC.CCC(=O)OC.CCCN(C)CC(C)=O.C[CH-]C.[CH3-].[CH3-].[Nd]. The summed E-state index contributed by atoms with van der Waals surface area (Å²) in [5.41, 5.74) is 1.78. The number of nitrogens with zero attached hydrogens (tertiary/aromatic N) is 2. The van der Waals surface area contributed by atoms with Crippen LogP contribution in [0, 0.1) is 80.9 Å². The number of esters is 1. The third-order valence-corrected chi connectivity index (χ3v) is 10.0. The second-order valence-electron chi connectivity index (χ2n) is 17.2. The van der Waals surface area contributed by atoms with Crippen LogP contribution in [0.2, 0.25) is 0 Å². The van der Waals surface area contributed by atoms with Crippen LogP contribution >= 0.6 is 0 Å². The maximum atomic E-state index is 13.5. The number of anilines is 1. The van der Waals surface area contributed by atoms with Gasteiger partial charge in [-0.3, -0.25) is 43.3 Å². The zero-order valence-electron chi connectivity index (χ0n) is 47.7. The molecule has 0 spiro atoms. The van der Waals surface area contributed by atoms with Gasteiger partial charge in [0.1, 0.15) is 5.78 Å². The molecule has 2 atom stereocenters. The van der Waals surface area contributed by atoms with E-state index in [4.69, 9.17) is 0 Å². The van der Waals surface area contributed by atoms with E-state index in [1.54, 1.807) is 51.1 Å². The Labute approximate surface area is 477 Å². The molecule has 19 heteroatoms. The van der Waals surface area contributed by atoms with E-state index in [1.165, 1.54) is 13.5 Å². The minimum atomic E-state index is -2.94. The zero-order valence-corrected chi connectivity index (χ0v) is 50.9. The summed E-state index contributed by atoms with van der Waals surface area (Å²) < 4.78 is 31.3. The number of likely N-dealkylation sites (N-methyl/N-ethyl adjacent to an activating group) is 1. The molecule has 5 amide bonds. The van der Waals surface area contributed by atoms with E-state index in [2.05, 4.69) is 46.8 Å². The monoisotopic (exact) mass is 1180 g/mol. The van der Waals surface area contributed by atoms with Gasteiger partial charge in [0.2, 0.25) is 23.6 Å². The van der Waals surface area contributed by atoms with Gasteiger partial charge in [-0.05, 0) is 82.0 Å². The van der Waals surface area contributed by atoms with Gasteiger partial charge in [0.25, 0.3) is 11.8 Å². The first kappa shape index (κ1) is 81.2. The number of halogens is 2. The van der Waals surface area contributed by atoms with Crippen LogP contribution in [0.3, 0.4) is 0 Å². The molecule has 1 aliphatic heterocycles. The number of carboxylic acid groups (broad SMARTS) is 1. The van der Waals surface area contributed by atoms with E-state index in [-0.39, 0.29) is 130 Å². The van der Waals surface area contributed by atoms with Crippen LogP contribution in [0.25, 0.3) is 5.57 Å². The van der Waals surface area contributed by atoms with Gasteiger partial charge in [-0.2, -0.15) is 13.8 Å². The maximum absolute atomic E-state index is 13.5. The molecule has 74 heavy (non-hydrogen) atoms. The van der Waals surface area contributed by atoms with E-state index in [1.807, 2.05) is 59.1 Å². The van der Waals surface area contributed by atoms with Gasteiger partial charge in [-0.1, -0.05) is 85.9 Å². The number of rotatable bonds is 25. The Balaban J connectivity index is -0.000000404. The topological polar surface area (TPSA) is 221 Å². The summed E-state index contributed by atoms with van der Waals surface area (Å²) >= 11 is 0. The number of Topliss-reactive ketones (excluding diaryl/α,β-unsaturated/α-hetero) is 1. The Morgan fingerprint density at radius 3 is 1.89 bits per heavy atom. The van der Waals surface area contributed by atoms with Gasteiger partial charge in [0, 0.05) is 104 Å². The van der Waals surface area contributed by atoms with Gasteiger partial charge in [-0.25, -0.2) is 8.78 Å². The molecule has 0 radical (unpaired) electrons. The van der Waals surface area contributed by atoms with Crippen LogP contribution in [-0.2, 0) is 43.1 Å². The maximum Gasteiger partial charge on any atom is 0.306 e. The molecule has 1 heterocycles. The van der Waals surface area contributed by atoms with Crippen molar-refractivity contribution in [3.05, 3.63) is 68.8 Å². The van der Waals surface area contributed by atoms with Crippen LogP contribution in [0.1, 0.15) is 151 Å². The Kier molecular flexibility index (Phi) is 54.5. The number of methoxy groups -OCH3 is 1. The second-order valence-corrected chi connectivity index (χ2v) is 17.2. The van der Waals surface area contributed by atoms with Crippen molar-refractivity contribution in [3.63, 3.8) is 0 Å². The first-order valence-corrected chi connectivity index (χ1v) is 24.9. The van der Waals surface area contributed by atoms with Gasteiger partial charge >= 0.3 is 11.9 Å². The number of hydrogen-bond acceptors (Lipinski definition) is 10. The van der Waals surface area contributed by atoms with Crippen LogP contribution in [0.4, 0.5) is 14.5 Å². The number of allylic oxidation sites excluding steroid dienone is 3. The molecule has 0 aromatic heterocycles. The van der Waals surface area contributed by atoms with Crippen LogP contribution in [-0.4, -0.2) is 128 Å². The summed E-state index contributed by atoms with van der Waals surface area (Å²) in [7, 11) is 3.34. The minimum absolute atomic E-state index is 0. The average molecular weight is 1180 g/mol. The fourth-order valence-electron chi connectivity index (χ4n) is 6.50. The van der Waals surface area contributed by atoms with E-state index >= 15 is 0 Å². The molecule has 2 unspecified atom stereocenters. The van der Waals surface area contributed by atoms with Crippen molar-refractivity contribution in [1.29, 1.82) is 0 Å². The molecule has 1 saturated heterocycles. The number of aliphatic carboxylic acids is 1. The Bertz CT molecular complexity index is 1810. The number of ether oxygens (including phenoxy) is 1. The number of amides is 5. The van der Waals surface area contributed by atoms with Crippen molar-refractivity contribution < 1.29 is 97.8 Å². The van der Waals surface area contributed by atoms with Gasteiger partial charge in [-0.15, -0.1) is 0 Å². The second kappa shape index (κ2) is 49.7. The predicted octanol–water partition coefficient (Wildman–Crippen LogP) is 9.23. The van der Waals surface area contributed by atoms with Crippen molar-refractivity contribution >= 4 is 58.5 Å². The van der Waals surface area contributed by atoms with Crippen molar-refractivity contribution in [1.82, 2.24) is 25.8 Å². The molecule has 426 valence electrons. The number of carboxylic acids is 1. The number of likely N-dealkylation sites (tertiary alicyclic amines) is 1. The standard InChI is InChI=1S/C36H51F2N5O7.C7H15NO.C4H8O2.C3H8.C3H7.2CH3.Nd/c1-5-7-8-10-28(34(48)41-22-33(47)43-20-17-36(37,38)23-43)29-21-26(12-11-25(29)4)42-32(46)16-15-31(45)40-19-18-39-30(44)14-13-27(35(49)50)24(3)9-6-2;1-4-5-8(3)6-7(2)9;1-3-4(5)6-2;2*1-3-2;;;/h7-8,10-12,21,24,27H,5-6,9,13-20,22-23H2,1-4H3,(H,39,44)(H,40,45)(H,41,48)(H,42,46)(H,49,50);4-6H2,1-3H3;3H2,1-2H3;3H2,1-2H3;3H,1-2H3;2*1H3;/q;;;;3*-1;/b8-7+,28-10+;;;;;;;. The van der Waals surface area contributed by atoms with Gasteiger partial charge in [0.05, 0.1) is 32.7 Å². The fraction of sp³-hybridized carbons (Fsp3) is 0.618. The number of aryl methyl sites for hydroxylation is 1. The summed E-state index contributed by atoms with van der Waals surface area (Å²) in [4.78, 5) is 97.8. The molecule has 1 aliphatic rings. The van der Waals surface area contributed by atoms with Crippen LogP contribution in [0.15, 0.2) is 36.4 Å². The first-order valence-electron chi connectivity index (χ1n) is 24.9. The summed E-state index contributed by atoms with van der Waals surface area (Å²) in [6.45, 7) is 22.0. The molecule has 5 N–H and O–H groups in total. The molecule has 0 saturated carbocycles. The van der Waals surface area contributed by atoms with E-state index in [9.17, 15) is 52.2 Å². The molecule has 1 aromatic carbocycles. The molecule has 2 rings (SSSR count). The Morgan fingerprint density at radius 1 is 0.892 bits per heavy atom. The Hall–Kier alpha value is -4.17. The van der Waals surface area contributed by atoms with Crippen molar-refractivity contribution in [3.8, 4) is 0 Å². The van der Waals surface area contributed by atoms with Crippen molar-refractivity contribution in [2.75, 3.05) is 65.3 Å². The largest absolute Gasteiger partial charge is 0.481 e. The summed E-state index contributed by atoms with van der Waals surface area (Å²) in [6, 6.07) is 4.96. The van der Waals surface area contributed by atoms with E-state index in [0.717, 1.165) is 30.7 Å². The molecule has 1 aromatic rings. The van der Waals surface area contributed by atoms with Gasteiger partial charge in [0.15, 0.2) is 0 Å². The summed E-state index contributed by atoms with van der Waals surface area (Å²) in [5, 5.41) is 20.0. The average Bonchev–Trinajstić information content (AvgIpc) is 3.68. The van der Waals surface area contributed by atoms with Crippen molar-refractivity contribution in [2.24, 2.45) is 11.8 Å². The molecule has 0 bridgehead atoms. The smallest absolute Gasteiger partial charge is 0.306 e. The molecule has 1 fully saturated rings. The minimum Gasteiger partial charge on any atom is -0.481 e. The van der Waals surface area contributed by atoms with E-state index in [0.29, 0.717) is 36.2 Å². The number of hydrogen-bond donors (Lipinski definition) is 5. The number of carbonyl (C=O) groups excluding carboxylic acids is 7. The van der Waals surface area contributed by atoms with Crippen LogP contribution < -0.4 is 21.3 Å². The fourth-order valence-corrected chi connectivity index (χ4v) is 6.50. The predicted molar refractivity (Wildman–Crippen MR) is 291 cm³/mol. The number of benzene rings is 1. The first-order chi connectivity index (χ1) is 33.5. The van der Waals surface area contributed by atoms with Gasteiger partial charge < -0.3 is 57.3 Å². The third kappa shape index (κ3) is 42.1. The molecular weight excluding hydrogens is 1090 g/mol. The van der Waals surface area contributed by atoms with Crippen molar-refractivity contribution in [2.45, 2.75) is 153 Å². The number of alkyl halides is 2. The summed E-state index contributed by atoms with van der Waals surface area (Å²) in [5.74, 6) is -6.73. The summed E-state index contributed by atoms with van der Waals surface area (Å²) in [6.07, 6.45) is 11.9.